The smallest absolute Gasteiger partial charge is 0.345 e. The Kier molecular flexibility index (Phi) is 7.30. The van der Waals surface area contributed by atoms with Crippen LogP contribution in [0.2, 0.25) is 0 Å². The van der Waals surface area contributed by atoms with Gasteiger partial charge in [-0.3, -0.25) is 9.67 Å². The molecule has 0 spiro atoms. The lowest BCUT2D eigenvalue weighted by Crippen LogP contribution is -2.14. The molecule has 2 heterocycles. The van der Waals surface area contributed by atoms with E-state index < -0.39 is 5.97 Å². The minimum Gasteiger partial charge on any atom is -0.471 e. The molecule has 0 aliphatic carbocycles. The second-order valence-electron chi connectivity index (χ2n) is 8.45. The number of aromatic nitrogens is 3. The van der Waals surface area contributed by atoms with E-state index >= 15 is 0 Å². The normalized spacial score (nSPS) is 11.1. The lowest BCUT2D eigenvalue weighted by Gasteiger charge is -2.21. The number of nitrogens with two attached hydrogens (primary N) is 1. The number of esters is 1. The van der Waals surface area contributed by atoms with E-state index in [1.54, 1.807) is 13.2 Å². The van der Waals surface area contributed by atoms with Crippen LogP contribution in [0.1, 0.15) is 52.3 Å². The maximum Gasteiger partial charge on any atom is 0.345 e. The van der Waals surface area contributed by atoms with Gasteiger partial charge in [0, 0.05) is 36.7 Å². The van der Waals surface area contributed by atoms with Gasteiger partial charge in [0.15, 0.2) is 0 Å². The van der Waals surface area contributed by atoms with Gasteiger partial charge >= 0.3 is 5.97 Å². The molecular weight excluding hydrogens is 404 g/mol. The average molecular weight is 437 g/mol. The van der Waals surface area contributed by atoms with Crippen LogP contribution in [0.15, 0.2) is 30.5 Å². The van der Waals surface area contributed by atoms with E-state index in [2.05, 4.69) is 50.1 Å². The maximum atomic E-state index is 12.1. The van der Waals surface area contributed by atoms with Gasteiger partial charge in [-0.05, 0) is 42.9 Å². The van der Waals surface area contributed by atoms with Crippen LogP contribution in [0.3, 0.4) is 0 Å². The highest BCUT2D eigenvalue weighted by Gasteiger charge is 2.22. The quantitative estimate of drug-likeness (QED) is 0.534. The fraction of sp³-hybridized carbons (Fsp3) is 0.400. The molecule has 0 bridgehead atoms. The van der Waals surface area contributed by atoms with E-state index in [0.717, 1.165) is 40.1 Å². The van der Waals surface area contributed by atoms with Crippen molar-refractivity contribution in [2.45, 2.75) is 47.3 Å². The van der Waals surface area contributed by atoms with Crippen molar-refractivity contribution < 1.29 is 14.3 Å². The summed E-state index contributed by atoms with van der Waals surface area (Å²) in [5, 5.41) is 4.29. The molecule has 0 atom stereocenters. The van der Waals surface area contributed by atoms with Crippen molar-refractivity contribution in [2.24, 2.45) is 18.7 Å². The first-order chi connectivity index (χ1) is 15.2. The third-order valence-electron chi connectivity index (χ3n) is 5.39. The Balaban J connectivity index is 2.11. The molecule has 32 heavy (non-hydrogen) atoms. The van der Waals surface area contributed by atoms with Gasteiger partial charge in [-0.1, -0.05) is 43.7 Å². The van der Waals surface area contributed by atoms with Crippen molar-refractivity contribution in [1.29, 1.82) is 0 Å². The summed E-state index contributed by atoms with van der Waals surface area (Å²) in [6.07, 6.45) is 2.43. The Hall–Kier alpha value is -3.19. The number of pyridine rings is 1. The topological polar surface area (TPSA) is 92.3 Å². The fourth-order valence-corrected chi connectivity index (χ4v) is 3.83. The number of aryl methyl sites for hydroxylation is 3. The minimum atomic E-state index is -0.489. The zero-order valence-electron chi connectivity index (χ0n) is 19.7. The van der Waals surface area contributed by atoms with E-state index in [-0.39, 0.29) is 18.1 Å². The fourth-order valence-electron chi connectivity index (χ4n) is 3.83. The van der Waals surface area contributed by atoms with Gasteiger partial charge in [-0.25, -0.2) is 4.79 Å². The molecule has 0 aliphatic rings. The van der Waals surface area contributed by atoms with Crippen LogP contribution in [-0.4, -0.2) is 27.8 Å². The first kappa shape index (κ1) is 23.5. The molecule has 2 aromatic heterocycles. The molecule has 0 fully saturated rings. The molecule has 0 unspecified atom stereocenters. The SMILES string of the molecule is COC(=O)c1cn(C)nc1OCc1c(C)nc(CC(C)C)c(CN)c1-c1ccc(C)cc1. The van der Waals surface area contributed by atoms with E-state index in [0.29, 0.717) is 12.5 Å². The van der Waals surface area contributed by atoms with Gasteiger partial charge < -0.3 is 15.2 Å². The van der Waals surface area contributed by atoms with Gasteiger partial charge in [-0.2, -0.15) is 0 Å². The zero-order valence-corrected chi connectivity index (χ0v) is 19.7. The van der Waals surface area contributed by atoms with Crippen molar-refractivity contribution in [3.05, 3.63) is 64.1 Å². The number of hydrogen-bond acceptors (Lipinski definition) is 6. The summed E-state index contributed by atoms with van der Waals surface area (Å²) < 4.78 is 12.4. The molecule has 170 valence electrons. The largest absolute Gasteiger partial charge is 0.471 e. The van der Waals surface area contributed by atoms with Gasteiger partial charge in [0.25, 0.3) is 0 Å². The summed E-state index contributed by atoms with van der Waals surface area (Å²) in [6.45, 7) is 8.99. The third kappa shape index (κ3) is 4.99. The van der Waals surface area contributed by atoms with Crippen LogP contribution < -0.4 is 10.5 Å². The molecule has 3 aromatic rings. The van der Waals surface area contributed by atoms with Gasteiger partial charge in [0.05, 0.1) is 7.11 Å². The number of carbonyl (C=O) groups excluding carboxylic acids is 1. The van der Waals surface area contributed by atoms with Crippen LogP contribution in [0, 0.1) is 19.8 Å². The third-order valence-corrected chi connectivity index (χ3v) is 5.39. The summed E-state index contributed by atoms with van der Waals surface area (Å²) >= 11 is 0. The Morgan fingerprint density at radius 1 is 1.16 bits per heavy atom. The second kappa shape index (κ2) is 9.96. The van der Waals surface area contributed by atoms with Crippen LogP contribution >= 0.6 is 0 Å². The van der Waals surface area contributed by atoms with Crippen molar-refractivity contribution in [3.63, 3.8) is 0 Å². The molecule has 0 saturated heterocycles. The second-order valence-corrected chi connectivity index (χ2v) is 8.45. The summed E-state index contributed by atoms with van der Waals surface area (Å²) in [5.41, 5.74) is 13.7. The van der Waals surface area contributed by atoms with E-state index in [4.69, 9.17) is 20.2 Å². The average Bonchev–Trinajstić information content (AvgIpc) is 3.12. The number of nitrogens with zero attached hydrogens (tertiary/aromatic N) is 3. The molecule has 0 amide bonds. The number of ether oxygens (including phenoxy) is 2. The van der Waals surface area contributed by atoms with Gasteiger partial charge in [-0.15, -0.1) is 5.10 Å². The predicted octanol–water partition coefficient (Wildman–Crippen LogP) is 4.12. The summed E-state index contributed by atoms with van der Waals surface area (Å²) in [4.78, 5) is 17.0. The summed E-state index contributed by atoms with van der Waals surface area (Å²) in [6, 6.07) is 8.39. The molecule has 3 rings (SSSR count). The monoisotopic (exact) mass is 436 g/mol. The summed E-state index contributed by atoms with van der Waals surface area (Å²) in [7, 11) is 3.07. The van der Waals surface area contributed by atoms with E-state index in [9.17, 15) is 4.79 Å². The summed E-state index contributed by atoms with van der Waals surface area (Å²) in [5.74, 6) is 0.196. The van der Waals surface area contributed by atoms with Crippen LogP contribution in [0.25, 0.3) is 11.1 Å². The first-order valence-corrected chi connectivity index (χ1v) is 10.8. The number of hydrogen-bond donors (Lipinski definition) is 1. The van der Waals surface area contributed by atoms with E-state index in [1.165, 1.54) is 17.4 Å². The molecular formula is C25H32N4O3. The molecule has 0 radical (unpaired) electrons. The van der Waals surface area contributed by atoms with Crippen molar-refractivity contribution in [2.75, 3.05) is 7.11 Å². The Morgan fingerprint density at radius 3 is 2.44 bits per heavy atom. The number of methoxy groups -OCH3 is 1. The highest BCUT2D eigenvalue weighted by atomic mass is 16.5. The standard InChI is InChI=1S/C25H32N4O3/c1-15(2)11-22-19(12-26)23(18-9-7-16(3)8-10-18)21(17(4)27-22)14-32-24-20(25(30)31-6)13-29(5)28-24/h7-10,13,15H,11-12,14,26H2,1-6H3. The van der Waals surface area contributed by atoms with Crippen LogP contribution in [-0.2, 0) is 31.4 Å². The van der Waals surface area contributed by atoms with Crippen molar-refractivity contribution >= 4 is 5.97 Å². The van der Waals surface area contributed by atoms with Crippen molar-refractivity contribution in [3.8, 4) is 17.0 Å². The minimum absolute atomic E-state index is 0.206. The first-order valence-electron chi connectivity index (χ1n) is 10.8. The van der Waals surface area contributed by atoms with Crippen LogP contribution in [0.4, 0.5) is 0 Å². The van der Waals surface area contributed by atoms with Gasteiger partial charge in [0.1, 0.15) is 12.2 Å². The van der Waals surface area contributed by atoms with Crippen LogP contribution in [0.5, 0.6) is 5.88 Å². The zero-order chi connectivity index (χ0) is 23.4. The highest BCUT2D eigenvalue weighted by Crippen LogP contribution is 2.33. The molecule has 7 nitrogen and oxygen atoms in total. The lowest BCUT2D eigenvalue weighted by molar-refractivity contribution is 0.0595. The highest BCUT2D eigenvalue weighted by molar-refractivity contribution is 5.91. The number of rotatable bonds is 8. The lowest BCUT2D eigenvalue weighted by atomic mass is 9.90. The molecule has 2 N–H and O–H groups in total. The van der Waals surface area contributed by atoms with Gasteiger partial charge in [0.2, 0.25) is 5.88 Å². The Labute approximate surface area is 189 Å². The predicted molar refractivity (Wildman–Crippen MR) is 124 cm³/mol. The molecule has 7 heteroatoms. The Morgan fingerprint density at radius 2 is 1.84 bits per heavy atom. The van der Waals surface area contributed by atoms with Crippen molar-refractivity contribution in [1.82, 2.24) is 14.8 Å². The molecule has 0 saturated carbocycles. The number of benzene rings is 1. The molecule has 0 aliphatic heterocycles. The molecule has 1 aromatic carbocycles. The maximum absolute atomic E-state index is 12.1. The van der Waals surface area contributed by atoms with E-state index in [1.807, 2.05) is 6.92 Å². The Bertz CT molecular complexity index is 1100. The number of carbonyl (C=O) groups is 1.